The lowest BCUT2D eigenvalue weighted by molar-refractivity contribution is -0.139. The molecule has 1 rings (SSSR count). The van der Waals surface area contributed by atoms with Gasteiger partial charge in [-0.05, 0) is 17.5 Å². The first-order chi connectivity index (χ1) is 12.7. The Morgan fingerprint density at radius 2 is 1.54 bits per heavy atom. The fourth-order valence-electron chi connectivity index (χ4n) is 3.16. The highest BCUT2D eigenvalue weighted by Crippen LogP contribution is 2.12. The van der Waals surface area contributed by atoms with E-state index in [4.69, 9.17) is 0 Å². The van der Waals surface area contributed by atoms with Gasteiger partial charge in [0.15, 0.2) is 0 Å². The van der Waals surface area contributed by atoms with Crippen molar-refractivity contribution < 1.29 is 9.90 Å². The average molecular weight is 360 g/mol. The van der Waals surface area contributed by atoms with Crippen LogP contribution in [-0.4, -0.2) is 17.1 Å². The number of carbonyl (C=O) groups is 1. The maximum atomic E-state index is 11.4. The number of nitrogens with one attached hydrogen (secondary N) is 1. The van der Waals surface area contributed by atoms with Gasteiger partial charge in [0.2, 0.25) is 0 Å². The lowest BCUT2D eigenvalue weighted by atomic mass is 10.0. The van der Waals surface area contributed by atoms with Gasteiger partial charge in [-0.2, -0.15) is 0 Å². The second-order valence-corrected chi connectivity index (χ2v) is 7.19. The summed E-state index contributed by atoms with van der Waals surface area (Å²) in [5.74, 6) is -0.747. The Labute approximate surface area is 159 Å². The first kappa shape index (κ1) is 22.4. The van der Waals surface area contributed by atoms with E-state index in [1.165, 1.54) is 51.4 Å². The molecule has 0 saturated heterocycles. The fourth-order valence-corrected chi connectivity index (χ4v) is 3.16. The number of benzene rings is 1. The highest BCUT2D eigenvalue weighted by atomic mass is 16.4. The Hall–Kier alpha value is -1.61. The molecule has 0 aliphatic rings. The molecule has 0 radical (unpaired) electrons. The first-order valence-electron chi connectivity index (χ1n) is 10.3. The molecule has 1 unspecified atom stereocenters. The first-order valence-corrected chi connectivity index (χ1v) is 10.3. The van der Waals surface area contributed by atoms with E-state index in [-0.39, 0.29) is 0 Å². The van der Waals surface area contributed by atoms with Crippen LogP contribution in [0.4, 0.5) is 0 Å². The van der Waals surface area contributed by atoms with Crippen molar-refractivity contribution in [3.8, 4) is 0 Å². The Bertz CT molecular complexity index is 495. The number of carboxylic acids is 1. The van der Waals surface area contributed by atoms with Crippen molar-refractivity contribution >= 4 is 12.0 Å². The molecule has 0 aliphatic heterocycles. The molecule has 1 aromatic carbocycles. The Morgan fingerprint density at radius 1 is 1.00 bits per heavy atom. The summed E-state index contributed by atoms with van der Waals surface area (Å²) in [6.45, 7) is 6.58. The number of rotatable bonds is 16. The second-order valence-electron chi connectivity index (χ2n) is 7.19. The van der Waals surface area contributed by atoms with E-state index in [0.717, 1.165) is 24.0 Å². The van der Waals surface area contributed by atoms with Gasteiger partial charge in [0, 0.05) is 6.54 Å². The van der Waals surface area contributed by atoms with Gasteiger partial charge >= 0.3 is 5.97 Å². The van der Waals surface area contributed by atoms with Crippen LogP contribution in [-0.2, 0) is 11.3 Å². The fraction of sp³-hybridized carbons (Fsp3) is 0.609. The molecule has 26 heavy (non-hydrogen) atoms. The summed E-state index contributed by atoms with van der Waals surface area (Å²) in [6, 6.07) is 7.58. The van der Waals surface area contributed by atoms with Crippen molar-refractivity contribution in [1.29, 1.82) is 0 Å². The van der Waals surface area contributed by atoms with Crippen molar-refractivity contribution in [3.05, 3.63) is 42.0 Å². The minimum atomic E-state index is -0.747. The van der Waals surface area contributed by atoms with Crippen LogP contribution in [0.3, 0.4) is 0 Å². The molecule has 0 aliphatic carbocycles. The minimum absolute atomic E-state index is 0.455. The molecule has 0 amide bonds. The van der Waals surface area contributed by atoms with Crippen LogP contribution in [0.15, 0.2) is 30.8 Å². The molecular formula is C23H37NO2. The summed E-state index contributed by atoms with van der Waals surface area (Å²) in [4.78, 5) is 11.4. The summed E-state index contributed by atoms with van der Waals surface area (Å²) >= 11 is 0. The molecule has 2 N–H and O–H groups in total. The quantitative estimate of drug-likeness (QED) is 0.346. The molecule has 0 saturated carbocycles. The Kier molecular flexibility index (Phi) is 12.6. The van der Waals surface area contributed by atoms with Crippen LogP contribution in [0.2, 0.25) is 0 Å². The SMILES string of the molecule is C=Cc1ccc(CNC(CCCCCCCCCCCC)C(=O)O)cc1. The third-order valence-corrected chi connectivity index (χ3v) is 4.91. The molecule has 0 fully saturated rings. The number of unbranched alkanes of at least 4 members (excludes halogenated alkanes) is 9. The van der Waals surface area contributed by atoms with Gasteiger partial charge in [-0.1, -0.05) is 108 Å². The topological polar surface area (TPSA) is 49.3 Å². The molecule has 1 aromatic rings. The van der Waals surface area contributed by atoms with Gasteiger partial charge in [0.05, 0.1) is 0 Å². The molecule has 0 heterocycles. The Balaban J connectivity index is 2.13. The average Bonchev–Trinajstić information content (AvgIpc) is 2.65. The van der Waals surface area contributed by atoms with E-state index in [0.29, 0.717) is 13.0 Å². The van der Waals surface area contributed by atoms with E-state index in [9.17, 15) is 9.90 Å². The van der Waals surface area contributed by atoms with Gasteiger partial charge in [0.25, 0.3) is 0 Å². The van der Waals surface area contributed by atoms with Crippen LogP contribution >= 0.6 is 0 Å². The predicted molar refractivity (Wildman–Crippen MR) is 111 cm³/mol. The third kappa shape index (κ3) is 10.4. The van der Waals surface area contributed by atoms with E-state index < -0.39 is 12.0 Å². The molecule has 146 valence electrons. The number of aliphatic carboxylic acids is 1. The molecular weight excluding hydrogens is 322 g/mol. The monoisotopic (exact) mass is 359 g/mol. The zero-order valence-corrected chi connectivity index (χ0v) is 16.5. The highest BCUT2D eigenvalue weighted by molar-refractivity contribution is 5.73. The third-order valence-electron chi connectivity index (χ3n) is 4.91. The van der Waals surface area contributed by atoms with E-state index >= 15 is 0 Å². The Morgan fingerprint density at radius 3 is 2.04 bits per heavy atom. The van der Waals surface area contributed by atoms with E-state index in [1.54, 1.807) is 0 Å². The lowest BCUT2D eigenvalue weighted by Gasteiger charge is -2.14. The van der Waals surface area contributed by atoms with Gasteiger partial charge in [-0.25, -0.2) is 0 Å². The van der Waals surface area contributed by atoms with Crippen molar-refractivity contribution in [1.82, 2.24) is 5.32 Å². The highest BCUT2D eigenvalue weighted by Gasteiger charge is 2.15. The van der Waals surface area contributed by atoms with Crippen LogP contribution in [0, 0.1) is 0 Å². The van der Waals surface area contributed by atoms with Gasteiger partial charge in [0.1, 0.15) is 6.04 Å². The summed E-state index contributed by atoms with van der Waals surface area (Å²) in [7, 11) is 0. The van der Waals surface area contributed by atoms with Crippen LogP contribution < -0.4 is 5.32 Å². The summed E-state index contributed by atoms with van der Waals surface area (Å²) in [6.07, 6.45) is 15.2. The smallest absolute Gasteiger partial charge is 0.320 e. The van der Waals surface area contributed by atoms with Gasteiger partial charge in [-0.3, -0.25) is 4.79 Å². The van der Waals surface area contributed by atoms with Crippen LogP contribution in [0.25, 0.3) is 6.08 Å². The zero-order chi connectivity index (χ0) is 19.0. The molecule has 3 heteroatoms. The minimum Gasteiger partial charge on any atom is -0.480 e. The van der Waals surface area contributed by atoms with E-state index in [2.05, 4.69) is 18.8 Å². The molecule has 0 spiro atoms. The van der Waals surface area contributed by atoms with Crippen LogP contribution in [0.1, 0.15) is 88.7 Å². The maximum Gasteiger partial charge on any atom is 0.320 e. The van der Waals surface area contributed by atoms with Gasteiger partial charge in [-0.15, -0.1) is 0 Å². The predicted octanol–water partition coefficient (Wildman–Crippen LogP) is 6.18. The van der Waals surface area contributed by atoms with Crippen molar-refractivity contribution in [2.24, 2.45) is 0 Å². The zero-order valence-electron chi connectivity index (χ0n) is 16.5. The lowest BCUT2D eigenvalue weighted by Crippen LogP contribution is -2.36. The largest absolute Gasteiger partial charge is 0.480 e. The van der Waals surface area contributed by atoms with E-state index in [1.807, 2.05) is 30.3 Å². The molecule has 0 bridgehead atoms. The van der Waals surface area contributed by atoms with Crippen molar-refractivity contribution in [3.63, 3.8) is 0 Å². The summed E-state index contributed by atoms with van der Waals surface area (Å²) < 4.78 is 0. The van der Waals surface area contributed by atoms with Gasteiger partial charge < -0.3 is 10.4 Å². The molecule has 1 atom stereocenters. The molecule has 0 aromatic heterocycles. The second kappa shape index (κ2) is 14.5. The van der Waals surface area contributed by atoms with Crippen molar-refractivity contribution in [2.45, 2.75) is 90.1 Å². The summed E-state index contributed by atoms with van der Waals surface area (Å²) in [5, 5.41) is 12.6. The van der Waals surface area contributed by atoms with Crippen molar-refractivity contribution in [2.75, 3.05) is 0 Å². The number of hydrogen-bond acceptors (Lipinski definition) is 2. The summed E-state index contributed by atoms with van der Waals surface area (Å²) in [5.41, 5.74) is 2.18. The van der Waals surface area contributed by atoms with Crippen LogP contribution in [0.5, 0.6) is 0 Å². The maximum absolute atomic E-state index is 11.4. The standard InChI is InChI=1S/C23H37NO2/c1-3-5-6-7-8-9-10-11-12-13-14-22(23(25)26)24-19-21-17-15-20(4-2)16-18-21/h4,15-18,22,24H,2-3,5-14,19H2,1H3,(H,25,26). The molecule has 3 nitrogen and oxygen atoms in total. The number of hydrogen-bond donors (Lipinski definition) is 2. The normalized spacial score (nSPS) is 12.0. The number of carboxylic acid groups (broad SMARTS) is 1.